The Balaban J connectivity index is 2.49. The summed E-state index contributed by atoms with van der Waals surface area (Å²) >= 11 is 6.52. The number of rotatable bonds is 3. The topological polar surface area (TPSA) is 29.5 Å². The monoisotopic (exact) mass is 388 g/mol. The molecule has 1 N–H and O–H groups in total. The zero-order valence-electron chi connectivity index (χ0n) is 10.0. The van der Waals surface area contributed by atoms with Crippen LogP contribution >= 0.6 is 31.9 Å². The van der Waals surface area contributed by atoms with Crippen LogP contribution in [0.15, 0.2) is 45.3 Å². The molecule has 0 saturated heterocycles. The van der Waals surface area contributed by atoms with Gasteiger partial charge in [0.25, 0.3) is 0 Å². The number of aliphatic hydroxyl groups is 1. The molecule has 0 spiro atoms. The van der Waals surface area contributed by atoms with Crippen LogP contribution in [0.3, 0.4) is 0 Å². The van der Waals surface area contributed by atoms with Crippen molar-refractivity contribution >= 4 is 31.9 Å². The highest BCUT2D eigenvalue weighted by atomic mass is 79.9. The van der Waals surface area contributed by atoms with Crippen LogP contribution in [0.4, 0.5) is 4.39 Å². The highest BCUT2D eigenvalue weighted by molar-refractivity contribution is 9.10. The highest BCUT2D eigenvalue weighted by Crippen LogP contribution is 2.33. The number of methoxy groups -OCH3 is 1. The molecule has 0 aliphatic rings. The molecule has 1 atom stereocenters. The van der Waals surface area contributed by atoms with Crippen LogP contribution in [0.5, 0.6) is 5.75 Å². The summed E-state index contributed by atoms with van der Waals surface area (Å²) in [6.45, 7) is 0. The maximum Gasteiger partial charge on any atom is 0.130 e. The number of ether oxygens (including phenoxy) is 1. The average Bonchev–Trinajstić information content (AvgIpc) is 2.38. The Hall–Kier alpha value is -0.910. The maximum atomic E-state index is 13.9. The molecule has 0 heterocycles. The van der Waals surface area contributed by atoms with Gasteiger partial charge in [-0.15, -0.1) is 0 Å². The Morgan fingerprint density at radius 3 is 2.32 bits per heavy atom. The predicted molar refractivity (Wildman–Crippen MR) is 78.9 cm³/mol. The Labute approximate surface area is 127 Å². The lowest BCUT2D eigenvalue weighted by molar-refractivity contribution is 0.209. The number of hydrogen-bond donors (Lipinski definition) is 1. The van der Waals surface area contributed by atoms with Gasteiger partial charge in [0.15, 0.2) is 0 Å². The summed E-state index contributed by atoms with van der Waals surface area (Å²) in [6, 6.07) is 9.79. The van der Waals surface area contributed by atoms with Gasteiger partial charge in [-0.2, -0.15) is 0 Å². The second-order valence-electron chi connectivity index (χ2n) is 3.95. The van der Waals surface area contributed by atoms with Crippen LogP contribution in [0.2, 0.25) is 0 Å². The van der Waals surface area contributed by atoms with Crippen molar-refractivity contribution in [3.05, 3.63) is 62.3 Å². The lowest BCUT2D eigenvalue weighted by Gasteiger charge is -2.16. The molecule has 0 aliphatic carbocycles. The molecule has 0 aliphatic heterocycles. The van der Waals surface area contributed by atoms with Crippen molar-refractivity contribution in [3.63, 3.8) is 0 Å². The van der Waals surface area contributed by atoms with E-state index in [2.05, 4.69) is 31.9 Å². The van der Waals surface area contributed by atoms with Crippen molar-refractivity contribution in [1.82, 2.24) is 0 Å². The maximum absolute atomic E-state index is 13.9. The second-order valence-corrected chi connectivity index (χ2v) is 5.79. The smallest absolute Gasteiger partial charge is 0.130 e. The minimum Gasteiger partial charge on any atom is -0.496 e. The van der Waals surface area contributed by atoms with Gasteiger partial charge in [-0.3, -0.25) is 0 Å². The molecule has 2 nitrogen and oxygen atoms in total. The average molecular weight is 390 g/mol. The molecule has 5 heteroatoms. The molecule has 0 radical (unpaired) electrons. The summed E-state index contributed by atoms with van der Waals surface area (Å²) in [5.74, 6) is 0.0434. The van der Waals surface area contributed by atoms with Crippen LogP contribution in [0, 0.1) is 5.82 Å². The fourth-order valence-corrected chi connectivity index (χ4v) is 2.52. The zero-order valence-corrected chi connectivity index (χ0v) is 13.2. The van der Waals surface area contributed by atoms with Gasteiger partial charge in [0.1, 0.15) is 17.7 Å². The quantitative estimate of drug-likeness (QED) is 0.840. The third kappa shape index (κ3) is 3.16. The molecule has 0 bridgehead atoms. The predicted octanol–water partition coefficient (Wildman–Crippen LogP) is 4.44. The molecule has 2 aromatic rings. The van der Waals surface area contributed by atoms with Gasteiger partial charge in [0.2, 0.25) is 0 Å². The van der Waals surface area contributed by atoms with E-state index < -0.39 is 11.9 Å². The summed E-state index contributed by atoms with van der Waals surface area (Å²) in [7, 11) is 1.51. The number of aliphatic hydroxyl groups excluding tert-OH is 1. The first kappa shape index (κ1) is 14.5. The summed E-state index contributed by atoms with van der Waals surface area (Å²) in [6.07, 6.45) is -1.08. The van der Waals surface area contributed by atoms with Gasteiger partial charge in [-0.1, -0.05) is 37.9 Å². The fraction of sp³-hybridized carbons (Fsp3) is 0.143. The fourth-order valence-electron chi connectivity index (χ4n) is 1.81. The van der Waals surface area contributed by atoms with Crippen LogP contribution in [-0.4, -0.2) is 12.2 Å². The van der Waals surface area contributed by atoms with Gasteiger partial charge in [0.05, 0.1) is 7.11 Å². The molecule has 2 aromatic carbocycles. The van der Waals surface area contributed by atoms with E-state index >= 15 is 0 Å². The van der Waals surface area contributed by atoms with Crippen LogP contribution in [0.1, 0.15) is 17.2 Å². The van der Waals surface area contributed by atoms with Gasteiger partial charge >= 0.3 is 0 Å². The van der Waals surface area contributed by atoms with E-state index in [0.29, 0.717) is 15.8 Å². The van der Waals surface area contributed by atoms with Gasteiger partial charge in [-0.25, -0.2) is 4.39 Å². The van der Waals surface area contributed by atoms with E-state index in [1.54, 1.807) is 30.3 Å². The van der Waals surface area contributed by atoms with Crippen molar-refractivity contribution < 1.29 is 14.2 Å². The van der Waals surface area contributed by atoms with Crippen LogP contribution in [0.25, 0.3) is 0 Å². The molecule has 0 fully saturated rings. The molecule has 19 heavy (non-hydrogen) atoms. The van der Waals surface area contributed by atoms with Crippen molar-refractivity contribution in [1.29, 1.82) is 0 Å². The zero-order chi connectivity index (χ0) is 14.0. The standard InChI is InChI=1S/C14H11Br2FO2/c1-19-13-5-3-8(15)6-11(13)14(18)10-4-2-9(16)7-12(10)17/h2-7,14,18H,1H3. The van der Waals surface area contributed by atoms with E-state index in [4.69, 9.17) is 4.74 Å². The van der Waals surface area contributed by atoms with E-state index in [0.717, 1.165) is 4.47 Å². The molecule has 0 amide bonds. The van der Waals surface area contributed by atoms with Crippen molar-refractivity contribution in [3.8, 4) is 5.75 Å². The summed E-state index contributed by atoms with van der Waals surface area (Å²) in [4.78, 5) is 0. The lowest BCUT2D eigenvalue weighted by Crippen LogP contribution is -2.05. The molecule has 2 rings (SSSR count). The van der Waals surface area contributed by atoms with Gasteiger partial charge in [-0.05, 0) is 30.3 Å². The molecular weight excluding hydrogens is 379 g/mol. The van der Waals surface area contributed by atoms with Gasteiger partial charge in [0, 0.05) is 20.1 Å². The molecule has 1 unspecified atom stereocenters. The Kier molecular flexibility index (Phi) is 4.60. The normalized spacial score (nSPS) is 12.3. The third-order valence-corrected chi connectivity index (χ3v) is 3.73. The van der Waals surface area contributed by atoms with E-state index in [1.165, 1.54) is 13.2 Å². The van der Waals surface area contributed by atoms with Crippen LogP contribution < -0.4 is 4.74 Å². The van der Waals surface area contributed by atoms with Crippen LogP contribution in [-0.2, 0) is 0 Å². The van der Waals surface area contributed by atoms with Crippen molar-refractivity contribution in [2.24, 2.45) is 0 Å². The largest absolute Gasteiger partial charge is 0.496 e. The second kappa shape index (κ2) is 6.03. The lowest BCUT2D eigenvalue weighted by atomic mass is 10.0. The molecule has 0 saturated carbocycles. The van der Waals surface area contributed by atoms with E-state index in [-0.39, 0.29) is 5.56 Å². The number of benzene rings is 2. The van der Waals surface area contributed by atoms with E-state index in [1.807, 2.05) is 0 Å². The number of hydrogen-bond acceptors (Lipinski definition) is 2. The van der Waals surface area contributed by atoms with Crippen molar-refractivity contribution in [2.45, 2.75) is 6.10 Å². The number of halogens is 3. The summed E-state index contributed by atoms with van der Waals surface area (Å²) < 4.78 is 20.5. The van der Waals surface area contributed by atoms with E-state index in [9.17, 15) is 9.50 Å². The first-order valence-corrected chi connectivity index (χ1v) is 7.08. The first-order valence-electron chi connectivity index (χ1n) is 5.49. The van der Waals surface area contributed by atoms with Crippen molar-refractivity contribution in [2.75, 3.05) is 7.11 Å². The Morgan fingerprint density at radius 1 is 1.05 bits per heavy atom. The summed E-state index contributed by atoms with van der Waals surface area (Å²) in [5.41, 5.74) is 0.720. The molecule has 0 aromatic heterocycles. The Bertz CT molecular complexity index is 602. The Morgan fingerprint density at radius 2 is 1.68 bits per heavy atom. The van der Waals surface area contributed by atoms with Gasteiger partial charge < -0.3 is 9.84 Å². The molecule has 100 valence electrons. The molecular formula is C14H11Br2FO2. The summed E-state index contributed by atoms with van der Waals surface area (Å²) in [5, 5.41) is 10.3. The third-order valence-electron chi connectivity index (χ3n) is 2.74. The first-order chi connectivity index (χ1) is 9.02. The minimum atomic E-state index is -1.08. The minimum absolute atomic E-state index is 0.208. The SMILES string of the molecule is COc1ccc(Br)cc1C(O)c1ccc(Br)cc1F. The highest BCUT2D eigenvalue weighted by Gasteiger charge is 2.19.